The number of hydrogen-bond donors (Lipinski definition) is 2. The molecule has 0 fully saturated rings. The lowest BCUT2D eigenvalue weighted by atomic mass is 9.88. The fourth-order valence-corrected chi connectivity index (χ4v) is 1.71. The second-order valence-electron chi connectivity index (χ2n) is 5.07. The fourth-order valence-electron chi connectivity index (χ4n) is 1.71. The van der Waals surface area contributed by atoms with Crippen molar-refractivity contribution in [3.8, 4) is 6.07 Å². The molecule has 0 aromatic heterocycles. The predicted octanol–water partition coefficient (Wildman–Crippen LogP) is 2.20. The second kappa shape index (κ2) is 6.75. The fraction of sp³-hybridized carbons (Fsp3) is 0.400. The molecule has 1 atom stereocenters. The van der Waals surface area contributed by atoms with Crippen molar-refractivity contribution in [2.24, 2.45) is 5.41 Å². The molecule has 1 aromatic rings. The van der Waals surface area contributed by atoms with Crippen LogP contribution in [0.4, 0.5) is 10.5 Å². The third-order valence-electron chi connectivity index (χ3n) is 3.62. The third kappa shape index (κ3) is 3.72. The molecule has 1 rings (SSSR count). The van der Waals surface area contributed by atoms with Gasteiger partial charge >= 0.3 is 12.0 Å². The van der Waals surface area contributed by atoms with Gasteiger partial charge in [0.05, 0.1) is 16.7 Å². The van der Waals surface area contributed by atoms with Crippen LogP contribution in [0.3, 0.4) is 0 Å². The number of benzene rings is 1. The van der Waals surface area contributed by atoms with Crippen LogP contribution in [0, 0.1) is 16.7 Å². The molecule has 2 N–H and O–H groups in total. The normalized spacial score (nSPS) is 12.9. The highest BCUT2D eigenvalue weighted by Crippen LogP contribution is 2.21. The molecule has 0 saturated heterocycles. The Balaban J connectivity index is 2.81. The Morgan fingerprint density at radius 3 is 2.57 bits per heavy atom. The van der Waals surface area contributed by atoms with E-state index >= 15 is 0 Å². The molecule has 1 unspecified atom stereocenters. The van der Waals surface area contributed by atoms with Gasteiger partial charge in [-0.25, -0.2) is 4.79 Å². The lowest BCUT2D eigenvalue weighted by molar-refractivity contribution is -0.147. The molecule has 0 aliphatic rings. The summed E-state index contributed by atoms with van der Waals surface area (Å²) >= 11 is 0. The largest absolute Gasteiger partial charge is 0.481 e. The van der Waals surface area contributed by atoms with Gasteiger partial charge in [-0.05, 0) is 25.5 Å². The number of carboxylic acid groups (broad SMARTS) is 1. The van der Waals surface area contributed by atoms with Crippen LogP contribution in [-0.2, 0) is 4.79 Å². The Hall–Kier alpha value is -2.55. The van der Waals surface area contributed by atoms with E-state index in [2.05, 4.69) is 5.32 Å². The highest BCUT2D eigenvalue weighted by Gasteiger charge is 2.32. The predicted molar refractivity (Wildman–Crippen MR) is 79.0 cm³/mol. The van der Waals surface area contributed by atoms with Crippen LogP contribution in [0.1, 0.15) is 25.8 Å². The number of aliphatic carboxylic acids is 1. The van der Waals surface area contributed by atoms with Crippen molar-refractivity contribution in [1.82, 2.24) is 5.32 Å². The van der Waals surface area contributed by atoms with Crippen molar-refractivity contribution in [3.63, 3.8) is 0 Å². The maximum Gasteiger partial charge on any atom is 0.321 e. The number of rotatable bonds is 5. The average molecular weight is 289 g/mol. The van der Waals surface area contributed by atoms with E-state index in [1.165, 1.54) is 11.9 Å². The number of amides is 2. The molecule has 0 bridgehead atoms. The van der Waals surface area contributed by atoms with Crippen LogP contribution in [0.25, 0.3) is 0 Å². The minimum atomic E-state index is -1.01. The number of nitriles is 1. The minimum Gasteiger partial charge on any atom is -0.481 e. The minimum absolute atomic E-state index is 0.0245. The van der Waals surface area contributed by atoms with Crippen LogP contribution in [0.5, 0.6) is 0 Å². The number of carbonyl (C=O) groups is 2. The first kappa shape index (κ1) is 16.5. The number of anilines is 1. The summed E-state index contributed by atoms with van der Waals surface area (Å²) in [5.74, 6) is -0.953. The number of carbonyl (C=O) groups excluding carboxylic acids is 1. The van der Waals surface area contributed by atoms with Crippen LogP contribution in [0.15, 0.2) is 24.3 Å². The molecule has 0 aliphatic carbocycles. The Kier molecular flexibility index (Phi) is 5.30. The van der Waals surface area contributed by atoms with Gasteiger partial charge in [0.25, 0.3) is 0 Å². The van der Waals surface area contributed by atoms with E-state index in [4.69, 9.17) is 5.26 Å². The maximum atomic E-state index is 12.1. The smallest absolute Gasteiger partial charge is 0.321 e. The number of carboxylic acids is 1. The van der Waals surface area contributed by atoms with E-state index in [1.807, 2.05) is 6.07 Å². The lowest BCUT2D eigenvalue weighted by Gasteiger charge is -2.25. The molecule has 6 heteroatoms. The van der Waals surface area contributed by atoms with E-state index in [9.17, 15) is 14.7 Å². The molecule has 0 heterocycles. The molecule has 1 aromatic carbocycles. The van der Waals surface area contributed by atoms with Crippen LogP contribution < -0.4 is 10.2 Å². The number of nitrogens with one attached hydrogen (secondary N) is 1. The van der Waals surface area contributed by atoms with Crippen LogP contribution in [-0.4, -0.2) is 30.7 Å². The molecule has 0 radical (unpaired) electrons. The SMILES string of the molecule is CCC(C)(CNC(=O)N(C)c1ccccc1C#N)C(=O)O. The lowest BCUT2D eigenvalue weighted by Crippen LogP contribution is -2.45. The number of hydrogen-bond acceptors (Lipinski definition) is 3. The van der Waals surface area contributed by atoms with E-state index in [-0.39, 0.29) is 6.54 Å². The first-order chi connectivity index (χ1) is 9.85. The van der Waals surface area contributed by atoms with Crippen molar-refractivity contribution in [2.45, 2.75) is 20.3 Å². The quantitative estimate of drug-likeness (QED) is 0.869. The number of para-hydroxylation sites is 1. The molecule has 112 valence electrons. The Morgan fingerprint density at radius 2 is 2.05 bits per heavy atom. The summed E-state index contributed by atoms with van der Waals surface area (Å²) in [5.41, 5.74) is -0.150. The zero-order valence-electron chi connectivity index (χ0n) is 12.4. The van der Waals surface area contributed by atoms with Crippen molar-refractivity contribution >= 4 is 17.7 Å². The van der Waals surface area contributed by atoms with Crippen molar-refractivity contribution in [3.05, 3.63) is 29.8 Å². The van der Waals surface area contributed by atoms with Gasteiger partial charge in [-0.1, -0.05) is 19.1 Å². The zero-order valence-corrected chi connectivity index (χ0v) is 12.4. The Labute approximate surface area is 124 Å². The van der Waals surface area contributed by atoms with Gasteiger partial charge in [0, 0.05) is 13.6 Å². The Morgan fingerprint density at radius 1 is 1.43 bits per heavy atom. The van der Waals surface area contributed by atoms with Crippen molar-refractivity contribution < 1.29 is 14.7 Å². The summed E-state index contributed by atoms with van der Waals surface area (Å²) in [4.78, 5) is 24.6. The first-order valence-electron chi connectivity index (χ1n) is 6.60. The third-order valence-corrected chi connectivity index (χ3v) is 3.62. The Bertz CT molecular complexity index is 580. The number of urea groups is 1. The summed E-state index contributed by atoms with van der Waals surface area (Å²) < 4.78 is 0. The van der Waals surface area contributed by atoms with Gasteiger partial charge in [0.2, 0.25) is 0 Å². The summed E-state index contributed by atoms with van der Waals surface area (Å²) in [6, 6.07) is 8.29. The molecule has 0 saturated carbocycles. The van der Waals surface area contributed by atoms with E-state index < -0.39 is 17.4 Å². The number of nitrogens with zero attached hydrogens (tertiary/aromatic N) is 2. The van der Waals surface area contributed by atoms with Gasteiger partial charge in [-0.15, -0.1) is 0 Å². The topological polar surface area (TPSA) is 93.4 Å². The molecule has 21 heavy (non-hydrogen) atoms. The van der Waals surface area contributed by atoms with Crippen molar-refractivity contribution in [2.75, 3.05) is 18.5 Å². The summed E-state index contributed by atoms with van der Waals surface area (Å²) in [6.07, 6.45) is 0.404. The van der Waals surface area contributed by atoms with Gasteiger partial charge in [0.15, 0.2) is 0 Å². The average Bonchev–Trinajstić information content (AvgIpc) is 2.51. The first-order valence-corrected chi connectivity index (χ1v) is 6.60. The monoisotopic (exact) mass is 289 g/mol. The van der Waals surface area contributed by atoms with Crippen molar-refractivity contribution in [1.29, 1.82) is 5.26 Å². The van der Waals surface area contributed by atoms with Gasteiger partial charge in [-0.2, -0.15) is 5.26 Å². The van der Waals surface area contributed by atoms with Crippen LogP contribution >= 0.6 is 0 Å². The molecular weight excluding hydrogens is 270 g/mol. The van der Waals surface area contributed by atoms with E-state index in [1.54, 1.807) is 38.1 Å². The van der Waals surface area contributed by atoms with Gasteiger partial charge in [0.1, 0.15) is 6.07 Å². The summed E-state index contributed by atoms with van der Waals surface area (Å²) in [7, 11) is 1.54. The maximum absolute atomic E-state index is 12.1. The summed E-state index contributed by atoms with van der Waals surface area (Å²) in [5, 5.41) is 20.8. The zero-order chi connectivity index (χ0) is 16.0. The molecular formula is C15H19N3O3. The standard InChI is InChI=1S/C15H19N3O3/c1-4-15(2,13(19)20)10-17-14(21)18(3)12-8-6-5-7-11(12)9-16/h5-8H,4,10H2,1-3H3,(H,17,21)(H,19,20). The molecule has 6 nitrogen and oxygen atoms in total. The highest BCUT2D eigenvalue weighted by molar-refractivity contribution is 5.93. The van der Waals surface area contributed by atoms with Gasteiger partial charge in [-0.3, -0.25) is 9.69 Å². The van der Waals surface area contributed by atoms with Crippen LogP contribution in [0.2, 0.25) is 0 Å². The molecule has 0 spiro atoms. The van der Waals surface area contributed by atoms with E-state index in [0.29, 0.717) is 17.7 Å². The summed E-state index contributed by atoms with van der Waals surface area (Å²) in [6.45, 7) is 3.37. The van der Waals surface area contributed by atoms with E-state index in [0.717, 1.165) is 0 Å². The highest BCUT2D eigenvalue weighted by atomic mass is 16.4. The molecule has 0 aliphatic heterocycles. The van der Waals surface area contributed by atoms with Gasteiger partial charge < -0.3 is 10.4 Å². The molecule has 2 amide bonds. The second-order valence-corrected chi connectivity index (χ2v) is 5.07.